The van der Waals surface area contributed by atoms with Crippen molar-refractivity contribution in [1.82, 2.24) is 19.4 Å². The van der Waals surface area contributed by atoms with Gasteiger partial charge in [0.15, 0.2) is 0 Å². The fourth-order valence-electron chi connectivity index (χ4n) is 3.00. The van der Waals surface area contributed by atoms with Crippen LogP contribution in [-0.2, 0) is 23.1 Å². The SMILES string of the molecule is CC(C)N1Cc2ccnn2C[C@H](CNS(=O)(=O)c2ccccc2)C1. The van der Waals surface area contributed by atoms with E-state index in [-0.39, 0.29) is 5.92 Å². The molecule has 1 aliphatic rings. The van der Waals surface area contributed by atoms with E-state index in [2.05, 4.69) is 28.6 Å². The van der Waals surface area contributed by atoms with Gasteiger partial charge in [-0.3, -0.25) is 9.58 Å². The summed E-state index contributed by atoms with van der Waals surface area (Å²) in [5, 5.41) is 4.38. The Bertz CT molecular complexity index is 771. The minimum absolute atomic E-state index is 0.173. The van der Waals surface area contributed by atoms with E-state index in [1.165, 1.54) is 5.69 Å². The van der Waals surface area contributed by atoms with Crippen molar-refractivity contribution in [2.45, 2.75) is 37.9 Å². The molecule has 3 rings (SSSR count). The van der Waals surface area contributed by atoms with Crippen LogP contribution in [0.5, 0.6) is 0 Å². The summed E-state index contributed by atoms with van der Waals surface area (Å²) in [5.41, 5.74) is 1.18. The van der Waals surface area contributed by atoms with Gasteiger partial charge in [0, 0.05) is 44.3 Å². The summed E-state index contributed by atoms with van der Waals surface area (Å²) >= 11 is 0. The molecule has 7 heteroatoms. The number of hydrogen-bond acceptors (Lipinski definition) is 4. The highest BCUT2D eigenvalue weighted by molar-refractivity contribution is 7.89. The smallest absolute Gasteiger partial charge is 0.240 e. The number of benzene rings is 1. The molecule has 1 N–H and O–H groups in total. The van der Waals surface area contributed by atoms with Crippen LogP contribution in [0.15, 0.2) is 47.5 Å². The van der Waals surface area contributed by atoms with Gasteiger partial charge in [-0.15, -0.1) is 0 Å². The quantitative estimate of drug-likeness (QED) is 0.893. The normalized spacial score (nSPS) is 19.2. The molecule has 6 nitrogen and oxygen atoms in total. The lowest BCUT2D eigenvalue weighted by Crippen LogP contribution is -2.39. The topological polar surface area (TPSA) is 67.2 Å². The van der Waals surface area contributed by atoms with E-state index < -0.39 is 10.0 Å². The molecule has 1 aromatic heterocycles. The van der Waals surface area contributed by atoms with Crippen LogP contribution in [0.1, 0.15) is 19.5 Å². The van der Waals surface area contributed by atoms with Gasteiger partial charge in [-0.1, -0.05) is 18.2 Å². The zero-order chi connectivity index (χ0) is 17.2. The molecule has 2 heterocycles. The molecule has 24 heavy (non-hydrogen) atoms. The Morgan fingerprint density at radius 3 is 2.67 bits per heavy atom. The second-order valence-electron chi connectivity index (χ2n) is 6.56. The third kappa shape index (κ3) is 3.85. The monoisotopic (exact) mass is 348 g/mol. The van der Waals surface area contributed by atoms with Crippen molar-refractivity contribution >= 4 is 10.0 Å². The van der Waals surface area contributed by atoms with Crippen LogP contribution in [0.4, 0.5) is 0 Å². The number of aromatic nitrogens is 2. The molecule has 0 bridgehead atoms. The largest absolute Gasteiger partial charge is 0.295 e. The van der Waals surface area contributed by atoms with Crippen molar-refractivity contribution in [3.8, 4) is 0 Å². The highest BCUT2D eigenvalue weighted by atomic mass is 32.2. The van der Waals surface area contributed by atoms with E-state index >= 15 is 0 Å². The lowest BCUT2D eigenvalue weighted by molar-refractivity contribution is 0.185. The molecule has 0 saturated heterocycles. The first kappa shape index (κ1) is 17.1. The van der Waals surface area contributed by atoms with Gasteiger partial charge >= 0.3 is 0 Å². The Morgan fingerprint density at radius 1 is 1.21 bits per heavy atom. The van der Waals surface area contributed by atoms with E-state index in [0.717, 1.165) is 19.6 Å². The molecule has 0 fully saturated rings. The summed E-state index contributed by atoms with van der Waals surface area (Å²) in [4.78, 5) is 2.67. The molecule has 0 spiro atoms. The Kier molecular flexibility index (Phi) is 5.03. The lowest BCUT2D eigenvalue weighted by Gasteiger charge is -2.27. The van der Waals surface area contributed by atoms with Gasteiger partial charge < -0.3 is 0 Å². The molecule has 0 amide bonds. The van der Waals surface area contributed by atoms with E-state index in [4.69, 9.17) is 0 Å². The first-order valence-electron chi connectivity index (χ1n) is 8.25. The maximum absolute atomic E-state index is 12.4. The van der Waals surface area contributed by atoms with Crippen LogP contribution in [0.2, 0.25) is 0 Å². The first-order valence-corrected chi connectivity index (χ1v) is 9.73. The van der Waals surface area contributed by atoms with Crippen molar-refractivity contribution in [3.63, 3.8) is 0 Å². The van der Waals surface area contributed by atoms with Gasteiger partial charge in [-0.05, 0) is 32.0 Å². The summed E-state index contributed by atoms with van der Waals surface area (Å²) in [6.07, 6.45) is 1.81. The summed E-state index contributed by atoms with van der Waals surface area (Å²) in [7, 11) is -3.47. The Balaban J connectivity index is 1.72. The Labute approximate surface area is 143 Å². The predicted octanol–water partition coefficient (Wildman–Crippen LogP) is 1.70. The zero-order valence-corrected chi connectivity index (χ0v) is 14.9. The average Bonchev–Trinajstić information content (AvgIpc) is 2.91. The van der Waals surface area contributed by atoms with E-state index in [1.807, 2.05) is 23.0 Å². The number of nitrogens with one attached hydrogen (secondary N) is 1. The van der Waals surface area contributed by atoms with Crippen LogP contribution in [0, 0.1) is 5.92 Å². The van der Waals surface area contributed by atoms with E-state index in [0.29, 0.717) is 17.5 Å². The fourth-order valence-corrected chi connectivity index (χ4v) is 4.14. The lowest BCUT2D eigenvalue weighted by atomic mass is 10.1. The first-order chi connectivity index (χ1) is 11.5. The van der Waals surface area contributed by atoms with Gasteiger partial charge in [0.05, 0.1) is 10.6 Å². The summed E-state index contributed by atoms with van der Waals surface area (Å²) < 4.78 is 29.6. The molecule has 1 aromatic carbocycles. The molecule has 1 atom stereocenters. The van der Waals surface area contributed by atoms with Gasteiger partial charge in [0.1, 0.15) is 0 Å². The van der Waals surface area contributed by atoms with Crippen molar-refractivity contribution in [1.29, 1.82) is 0 Å². The van der Waals surface area contributed by atoms with Crippen molar-refractivity contribution in [2.24, 2.45) is 5.92 Å². The van der Waals surface area contributed by atoms with E-state index in [1.54, 1.807) is 24.3 Å². The number of nitrogens with zero attached hydrogens (tertiary/aromatic N) is 3. The van der Waals surface area contributed by atoms with Crippen molar-refractivity contribution in [2.75, 3.05) is 13.1 Å². The maximum atomic E-state index is 12.4. The molecule has 0 radical (unpaired) electrons. The third-order valence-electron chi connectivity index (χ3n) is 4.44. The number of fused-ring (bicyclic) bond motifs is 1. The average molecular weight is 348 g/mol. The molecule has 130 valence electrons. The van der Waals surface area contributed by atoms with Crippen LogP contribution >= 0.6 is 0 Å². The predicted molar refractivity (Wildman–Crippen MR) is 92.9 cm³/mol. The van der Waals surface area contributed by atoms with E-state index in [9.17, 15) is 8.42 Å². The molecule has 0 saturated carbocycles. The maximum Gasteiger partial charge on any atom is 0.240 e. The van der Waals surface area contributed by atoms with Gasteiger partial charge in [0.2, 0.25) is 10.0 Å². The number of hydrogen-bond donors (Lipinski definition) is 1. The van der Waals surface area contributed by atoms with Gasteiger partial charge in [-0.25, -0.2) is 13.1 Å². The van der Waals surface area contributed by atoms with Gasteiger partial charge in [0.25, 0.3) is 0 Å². The molecular weight excluding hydrogens is 324 g/mol. The highest BCUT2D eigenvalue weighted by Gasteiger charge is 2.25. The Hall–Kier alpha value is -1.70. The zero-order valence-electron chi connectivity index (χ0n) is 14.1. The van der Waals surface area contributed by atoms with Crippen LogP contribution in [-0.4, -0.2) is 42.2 Å². The molecule has 0 unspecified atom stereocenters. The van der Waals surface area contributed by atoms with Crippen molar-refractivity contribution in [3.05, 3.63) is 48.3 Å². The summed E-state index contributed by atoms with van der Waals surface area (Å²) in [6.45, 7) is 7.15. The van der Waals surface area contributed by atoms with Crippen LogP contribution in [0.25, 0.3) is 0 Å². The van der Waals surface area contributed by atoms with Crippen molar-refractivity contribution < 1.29 is 8.42 Å². The fraction of sp³-hybridized carbons (Fsp3) is 0.471. The minimum atomic E-state index is -3.47. The standard InChI is InChI=1S/C17H24N4O2S/c1-14(2)20-11-15(12-21-16(13-20)8-9-18-21)10-19-24(22,23)17-6-4-3-5-7-17/h3-9,14-15,19H,10-13H2,1-2H3/t15-/m1/s1. The Morgan fingerprint density at radius 2 is 1.96 bits per heavy atom. The molecule has 1 aliphatic heterocycles. The molecule has 2 aromatic rings. The van der Waals surface area contributed by atoms with Crippen LogP contribution in [0.3, 0.4) is 0 Å². The van der Waals surface area contributed by atoms with Gasteiger partial charge in [-0.2, -0.15) is 5.10 Å². The second kappa shape index (κ2) is 7.04. The second-order valence-corrected chi connectivity index (χ2v) is 8.33. The summed E-state index contributed by atoms with van der Waals surface area (Å²) in [6, 6.07) is 10.9. The third-order valence-corrected chi connectivity index (χ3v) is 5.88. The number of sulfonamides is 1. The van der Waals surface area contributed by atoms with Crippen LogP contribution < -0.4 is 4.72 Å². The molecular formula is C17H24N4O2S. The molecule has 0 aliphatic carbocycles. The highest BCUT2D eigenvalue weighted by Crippen LogP contribution is 2.18. The minimum Gasteiger partial charge on any atom is -0.295 e. The number of rotatable bonds is 5. The summed E-state index contributed by atoms with van der Waals surface area (Å²) in [5.74, 6) is 0.173.